The van der Waals surface area contributed by atoms with E-state index in [0.717, 1.165) is 47.5 Å². The van der Waals surface area contributed by atoms with Gasteiger partial charge in [0.05, 0.1) is 24.2 Å². The van der Waals surface area contributed by atoms with E-state index in [2.05, 4.69) is 9.98 Å². The Morgan fingerprint density at radius 1 is 0.571 bits per heavy atom. The van der Waals surface area contributed by atoms with Gasteiger partial charge in [-0.15, -0.1) is 11.5 Å². The molecule has 11 nitrogen and oxygen atoms in total. The fourth-order valence-corrected chi connectivity index (χ4v) is 4.79. The third kappa shape index (κ3) is 24.4. The minimum Gasteiger partial charge on any atom is -0.876 e. The molecule has 0 fully saturated rings. The maximum absolute atomic E-state index is 12.6. The third-order valence-electron chi connectivity index (χ3n) is 7.17. The van der Waals surface area contributed by atoms with Gasteiger partial charge in [-0.1, -0.05) is 61.7 Å². The molecular weight excluding hydrogens is 932 g/mol. The Kier molecular flexibility index (Phi) is 28.7. The van der Waals surface area contributed by atoms with Crippen molar-refractivity contribution in [1.82, 2.24) is 0 Å². The molecule has 0 bridgehead atoms. The molecule has 0 aliphatic heterocycles. The molecule has 0 heterocycles. The average molecular weight is 976 g/mol. The Hall–Kier alpha value is -5.87. The van der Waals surface area contributed by atoms with E-state index < -0.39 is 35.0 Å². The Labute approximate surface area is 380 Å². The summed E-state index contributed by atoms with van der Waals surface area (Å²) >= 11 is 0. The first-order valence-corrected chi connectivity index (χ1v) is 17.4. The number of allylic oxidation sites excluding steroid dienone is 4. The molecule has 4 aromatic rings. The first kappa shape index (κ1) is 61.4. The molecule has 2 radical (unpaired) electrons. The van der Waals surface area contributed by atoms with Crippen LogP contribution < -0.4 is 20.4 Å². The van der Waals surface area contributed by atoms with Crippen LogP contribution in [0.1, 0.15) is 92.9 Å². The summed E-state index contributed by atoms with van der Waals surface area (Å²) in [6.07, 6.45) is -3.20. The van der Waals surface area contributed by atoms with Crippen LogP contribution in [-0.4, -0.2) is 36.6 Å². The summed E-state index contributed by atoms with van der Waals surface area (Å²) in [6.45, 7) is 8.88. The van der Waals surface area contributed by atoms with Crippen molar-refractivity contribution < 1.29 is 105 Å². The molecule has 0 unspecified atom stereocenters. The van der Waals surface area contributed by atoms with Crippen LogP contribution in [-0.2, 0) is 74.1 Å². The number of aliphatic imine (C=N–C) groups is 2. The summed E-state index contributed by atoms with van der Waals surface area (Å²) in [5.41, 5.74) is 1.27. The smallest absolute Gasteiger partial charge is 0.876 e. The summed E-state index contributed by atoms with van der Waals surface area (Å²) < 4.78 is 75.7. The number of alkyl halides is 6. The van der Waals surface area contributed by atoms with Crippen molar-refractivity contribution in [3.05, 3.63) is 152 Å². The number of nitrogens with zero attached hydrogens (tertiary/aromatic N) is 2. The number of carbonyl (C=O) groups is 4. The third-order valence-corrected chi connectivity index (χ3v) is 7.17. The van der Waals surface area contributed by atoms with E-state index in [1.165, 1.54) is 76.5 Å². The van der Waals surface area contributed by atoms with Gasteiger partial charge in [-0.3, -0.25) is 29.2 Å². The maximum Gasteiger partial charge on any atom is 2.00 e. The van der Waals surface area contributed by atoms with Gasteiger partial charge >= 0.3 is 45.9 Å². The number of aldehydes is 2. The van der Waals surface area contributed by atoms with Crippen LogP contribution in [0, 0.1) is 13.8 Å². The molecule has 4 rings (SSSR count). The van der Waals surface area contributed by atoms with E-state index in [1.54, 1.807) is 26.0 Å². The van der Waals surface area contributed by atoms with Crippen LogP contribution >= 0.6 is 0 Å². The molecule has 4 aromatic carbocycles. The van der Waals surface area contributed by atoms with Gasteiger partial charge in [-0.05, 0) is 110 Å². The zero-order valence-corrected chi connectivity index (χ0v) is 36.6. The van der Waals surface area contributed by atoms with Crippen molar-refractivity contribution in [1.29, 1.82) is 0 Å². The Morgan fingerprint density at radius 2 is 0.873 bits per heavy atom. The van der Waals surface area contributed by atoms with Crippen LogP contribution in [0.5, 0.6) is 11.5 Å². The largest absolute Gasteiger partial charge is 2.00 e. The van der Waals surface area contributed by atoms with Crippen molar-refractivity contribution >= 4 is 36.6 Å². The first-order chi connectivity index (χ1) is 27.9. The van der Waals surface area contributed by atoms with E-state index in [9.17, 15) is 65.9 Å². The number of ketones is 2. The zero-order valence-electron chi connectivity index (χ0n) is 34.5. The van der Waals surface area contributed by atoms with Gasteiger partial charge in [0, 0.05) is 23.6 Å². The molecule has 0 saturated carbocycles. The summed E-state index contributed by atoms with van der Waals surface area (Å²) in [7, 11) is 0. The van der Waals surface area contributed by atoms with Crippen molar-refractivity contribution in [2.75, 3.05) is 0 Å². The second-order valence-electron chi connectivity index (χ2n) is 12.8. The monoisotopic (exact) mass is 975 g/mol. The number of aryl methyl sites for hydroxylation is 2. The molecule has 19 heteroatoms. The second kappa shape index (κ2) is 29.4. The van der Waals surface area contributed by atoms with Crippen molar-refractivity contribution in [3.8, 4) is 11.5 Å². The average Bonchev–Trinajstić information content (AvgIpc) is 3.13. The fourth-order valence-electron chi connectivity index (χ4n) is 4.79. The number of hydrogen-bond acceptors (Lipinski definition) is 10. The Bertz CT molecular complexity index is 2090. The first-order valence-electron chi connectivity index (χ1n) is 17.4. The van der Waals surface area contributed by atoms with Crippen molar-refractivity contribution in [2.45, 2.75) is 67.0 Å². The van der Waals surface area contributed by atoms with Gasteiger partial charge in [0.2, 0.25) is 0 Å². The normalized spacial score (nSPS) is 11.2. The van der Waals surface area contributed by atoms with Gasteiger partial charge in [0.1, 0.15) is 12.6 Å². The van der Waals surface area contributed by atoms with E-state index >= 15 is 0 Å². The van der Waals surface area contributed by atoms with Crippen molar-refractivity contribution in [2.24, 2.45) is 9.98 Å². The zero-order chi connectivity index (χ0) is 45.8. The summed E-state index contributed by atoms with van der Waals surface area (Å²) in [6, 6.07) is 15.8. The minimum absolute atomic E-state index is 0. The molecule has 63 heavy (non-hydrogen) atoms. The van der Waals surface area contributed by atoms with E-state index in [4.69, 9.17) is 0 Å². The van der Waals surface area contributed by atoms with Crippen LogP contribution in [0.2, 0.25) is 0 Å². The van der Waals surface area contributed by atoms with Gasteiger partial charge < -0.3 is 25.9 Å². The van der Waals surface area contributed by atoms with Crippen LogP contribution in [0.4, 0.5) is 26.3 Å². The summed E-state index contributed by atoms with van der Waals surface area (Å²) in [4.78, 5) is 49.6. The molecule has 0 atom stereocenters. The Balaban J connectivity index is -0.000000849. The molecule has 0 spiro atoms. The number of carbonyl (C=O) groups excluding carboxylic acids is 4. The summed E-state index contributed by atoms with van der Waals surface area (Å²) in [5.74, 6) is -1.64. The van der Waals surface area contributed by atoms with Crippen LogP contribution in [0.15, 0.2) is 106 Å². The quantitative estimate of drug-likeness (QED) is 0.0472. The van der Waals surface area contributed by atoms with E-state index in [-0.39, 0.29) is 97.5 Å². The minimum atomic E-state index is -4.41. The number of halogens is 6. The van der Waals surface area contributed by atoms with Gasteiger partial charge in [-0.2, -0.15) is 26.3 Å². The van der Waals surface area contributed by atoms with E-state index in [1.807, 2.05) is 0 Å². The molecule has 0 aromatic heterocycles. The molecular formula is C44H43Co2F6N2O9+. The fraction of sp³-hybridized carbons (Fsp3) is 0.227. The molecule has 0 amide bonds. The van der Waals surface area contributed by atoms with Crippen LogP contribution in [0.25, 0.3) is 0 Å². The number of rotatable bonds is 10. The van der Waals surface area contributed by atoms with Gasteiger partial charge in [-0.25, -0.2) is 0 Å². The predicted octanol–water partition coefficient (Wildman–Crippen LogP) is 5.79. The van der Waals surface area contributed by atoms with Crippen molar-refractivity contribution in [3.63, 3.8) is 0 Å². The van der Waals surface area contributed by atoms with Gasteiger partial charge in [0.25, 0.3) is 0 Å². The SMILES string of the molecule is CC(=O)/C=C(/C)[O-].CC(=O)/C=C(/C)[O-].Cc1cc(C=O)c([O-])c(C=NCc2cccc(C(F)(F)F)c2)c1.Cc1cc(C=O)c([O-])c(C=NCc2cccc(C(F)(F)F)c2)c1.[Co+2].[Co+2].[OH3+]. The topological polar surface area (TPSA) is 218 Å². The molecule has 0 aliphatic rings. The number of hydrogen-bond donors (Lipinski definition) is 0. The second-order valence-corrected chi connectivity index (χ2v) is 12.8. The maximum atomic E-state index is 12.6. The molecule has 3 N–H and O–H groups in total. The Morgan fingerprint density at radius 3 is 1.11 bits per heavy atom. The number of benzene rings is 4. The van der Waals surface area contributed by atoms with E-state index in [0.29, 0.717) is 23.7 Å². The predicted molar refractivity (Wildman–Crippen MR) is 211 cm³/mol. The molecule has 0 aliphatic carbocycles. The molecule has 0 saturated heterocycles. The van der Waals surface area contributed by atoms with Gasteiger partial charge in [0.15, 0.2) is 11.6 Å². The standard InChI is InChI=1S/2C17H14F3NO2.2C5H8O2.2Co.H2O/c2*1-11-5-13(16(23)14(6-11)10-22)9-21-8-12-3-2-4-15(7-12)17(18,19)20;2*1-4(6)3-5(2)7;;;/h2*2-7,9-10,23H,8H2,1H3;2*3,6H,1-2H3;;;1H2/q;;;;2*+2;/p-3/b;;2*4-3-;;;. The molecule has 342 valence electrons. The van der Waals surface area contributed by atoms with Crippen LogP contribution in [0.3, 0.4) is 0 Å². The summed E-state index contributed by atoms with van der Waals surface area (Å²) in [5, 5.41) is 43.8.